The number of Topliss-reactive ketones (excluding diaryl/α,β-unsaturated/α-hetero) is 1. The van der Waals surface area contributed by atoms with Crippen LogP contribution in [0.15, 0.2) is 78.9 Å². The van der Waals surface area contributed by atoms with Crippen molar-refractivity contribution in [2.24, 2.45) is 11.3 Å². The number of carboxylic acid groups (broad SMARTS) is 1. The number of ether oxygens (including phenoxy) is 1. The number of aliphatic carboxylic acids is 1. The van der Waals surface area contributed by atoms with Crippen LogP contribution in [-0.4, -0.2) is 26.4 Å². The Bertz CT molecular complexity index is 1750. The minimum absolute atomic E-state index is 0.0330. The molecule has 2 heterocycles. The van der Waals surface area contributed by atoms with Crippen LogP contribution in [0.25, 0.3) is 21.8 Å². The van der Waals surface area contributed by atoms with Gasteiger partial charge in [0.05, 0.1) is 16.6 Å². The largest absolute Gasteiger partial charge is 0.487 e. The van der Waals surface area contributed by atoms with Crippen molar-refractivity contribution in [2.45, 2.75) is 47.3 Å². The highest BCUT2D eigenvalue weighted by molar-refractivity contribution is 6.30. The minimum atomic E-state index is -1.08. The van der Waals surface area contributed by atoms with Gasteiger partial charge in [0.1, 0.15) is 12.4 Å². The average molecular weight is 569 g/mol. The molecule has 0 fully saturated rings. The van der Waals surface area contributed by atoms with Gasteiger partial charge in [-0.2, -0.15) is 0 Å². The second-order valence-electron chi connectivity index (χ2n) is 11.4. The van der Waals surface area contributed by atoms with Crippen molar-refractivity contribution < 1.29 is 19.4 Å². The molecule has 41 heavy (non-hydrogen) atoms. The number of hydrogen-bond donors (Lipinski definition) is 1. The normalized spacial score (nSPS) is 11.9. The molecule has 210 valence electrons. The number of benzene rings is 3. The first-order valence-electron chi connectivity index (χ1n) is 13.7. The Labute approximate surface area is 244 Å². The third kappa shape index (κ3) is 5.98. The molecule has 5 rings (SSSR count). The summed E-state index contributed by atoms with van der Waals surface area (Å²) in [7, 11) is 0. The summed E-state index contributed by atoms with van der Waals surface area (Å²) in [6.07, 6.45) is 0.190. The van der Waals surface area contributed by atoms with Gasteiger partial charge in [-0.1, -0.05) is 61.8 Å². The van der Waals surface area contributed by atoms with E-state index in [0.717, 1.165) is 33.1 Å². The van der Waals surface area contributed by atoms with Crippen LogP contribution in [0.4, 0.5) is 0 Å². The van der Waals surface area contributed by atoms with Crippen LogP contribution in [0.1, 0.15) is 55.0 Å². The number of pyridine rings is 1. The van der Waals surface area contributed by atoms with E-state index in [2.05, 4.69) is 4.57 Å². The second-order valence-corrected chi connectivity index (χ2v) is 11.8. The van der Waals surface area contributed by atoms with Crippen LogP contribution in [0, 0.1) is 11.3 Å². The molecule has 7 heteroatoms. The Hall–Kier alpha value is -4.16. The molecule has 0 saturated carbocycles. The van der Waals surface area contributed by atoms with Gasteiger partial charge in [-0.15, -0.1) is 0 Å². The topological polar surface area (TPSA) is 81.4 Å². The van der Waals surface area contributed by atoms with Crippen LogP contribution in [-0.2, 0) is 24.4 Å². The van der Waals surface area contributed by atoms with Gasteiger partial charge in [-0.05, 0) is 61.9 Å². The summed E-state index contributed by atoms with van der Waals surface area (Å²) in [5.41, 5.74) is 3.70. The molecule has 0 aliphatic heterocycles. The van der Waals surface area contributed by atoms with E-state index < -0.39 is 11.4 Å². The maximum absolute atomic E-state index is 13.7. The first-order valence-corrected chi connectivity index (χ1v) is 14.1. The number of ketones is 1. The Morgan fingerprint density at radius 3 is 2.44 bits per heavy atom. The highest BCUT2D eigenvalue weighted by Crippen LogP contribution is 2.36. The molecule has 3 aromatic carbocycles. The molecule has 5 aromatic rings. The van der Waals surface area contributed by atoms with Crippen molar-refractivity contribution in [3.63, 3.8) is 0 Å². The molecule has 2 aromatic heterocycles. The zero-order valence-corrected chi connectivity index (χ0v) is 24.4. The monoisotopic (exact) mass is 568 g/mol. The van der Waals surface area contributed by atoms with E-state index in [1.807, 2.05) is 92.7 Å². The van der Waals surface area contributed by atoms with Gasteiger partial charge in [-0.25, -0.2) is 4.98 Å². The van der Waals surface area contributed by atoms with Gasteiger partial charge < -0.3 is 14.4 Å². The molecule has 0 bridgehead atoms. The van der Waals surface area contributed by atoms with Gasteiger partial charge in [0.15, 0.2) is 5.78 Å². The zero-order chi connectivity index (χ0) is 29.3. The number of fused-ring (bicyclic) bond motifs is 2. The SMILES string of the molecule is CC(C)C(=O)c1c(CC(C)(C)C(=O)O)n(Cc2ccc(Cl)cc2)c2ccc(OCc3ccc4ccccc4n3)cc12. The minimum Gasteiger partial charge on any atom is -0.487 e. The second kappa shape index (κ2) is 11.4. The maximum Gasteiger partial charge on any atom is 0.309 e. The number of carbonyl (C=O) groups is 2. The average Bonchev–Trinajstić information content (AvgIpc) is 3.23. The van der Waals surface area contributed by atoms with Gasteiger partial charge in [0.2, 0.25) is 0 Å². The number of carbonyl (C=O) groups excluding carboxylic acids is 1. The summed E-state index contributed by atoms with van der Waals surface area (Å²) in [6, 6.07) is 25.2. The highest BCUT2D eigenvalue weighted by Gasteiger charge is 2.33. The molecule has 0 saturated heterocycles. The predicted octanol–water partition coefficient (Wildman–Crippen LogP) is 7.96. The van der Waals surface area contributed by atoms with Crippen molar-refractivity contribution in [3.8, 4) is 5.75 Å². The number of halogens is 1. The fourth-order valence-electron chi connectivity index (χ4n) is 5.02. The van der Waals surface area contributed by atoms with Gasteiger partial charge in [-0.3, -0.25) is 9.59 Å². The molecule has 0 atom stereocenters. The highest BCUT2D eigenvalue weighted by atomic mass is 35.5. The van der Waals surface area contributed by atoms with Crippen molar-refractivity contribution in [1.29, 1.82) is 0 Å². The number of carboxylic acids is 1. The summed E-state index contributed by atoms with van der Waals surface area (Å²) < 4.78 is 8.24. The molecule has 0 spiro atoms. The van der Waals surface area contributed by atoms with E-state index in [1.54, 1.807) is 13.8 Å². The lowest BCUT2D eigenvalue weighted by atomic mass is 9.85. The lowest BCUT2D eigenvalue weighted by molar-refractivity contribution is -0.146. The Morgan fingerprint density at radius 2 is 1.73 bits per heavy atom. The fourth-order valence-corrected chi connectivity index (χ4v) is 5.14. The molecule has 0 unspecified atom stereocenters. The van der Waals surface area contributed by atoms with E-state index in [1.165, 1.54) is 0 Å². The van der Waals surface area contributed by atoms with Crippen molar-refractivity contribution in [1.82, 2.24) is 9.55 Å². The van der Waals surface area contributed by atoms with Crippen LogP contribution in [0.5, 0.6) is 5.75 Å². The van der Waals surface area contributed by atoms with Crippen LogP contribution < -0.4 is 4.74 Å². The number of nitrogens with zero attached hydrogens (tertiary/aromatic N) is 2. The summed E-state index contributed by atoms with van der Waals surface area (Å²) in [6.45, 7) is 7.84. The van der Waals surface area contributed by atoms with Crippen LogP contribution in [0.3, 0.4) is 0 Å². The third-order valence-corrected chi connectivity index (χ3v) is 7.65. The first kappa shape index (κ1) is 28.4. The summed E-state index contributed by atoms with van der Waals surface area (Å²) >= 11 is 6.13. The Morgan fingerprint density at radius 1 is 1.00 bits per heavy atom. The van der Waals surface area contributed by atoms with Crippen molar-refractivity contribution in [2.75, 3.05) is 0 Å². The number of hydrogen-bond acceptors (Lipinski definition) is 4. The zero-order valence-electron chi connectivity index (χ0n) is 23.6. The molecule has 0 radical (unpaired) electrons. The van der Waals surface area contributed by atoms with Gasteiger partial charge in [0.25, 0.3) is 0 Å². The third-order valence-electron chi connectivity index (χ3n) is 7.40. The predicted molar refractivity (Wildman–Crippen MR) is 163 cm³/mol. The van der Waals surface area contributed by atoms with Crippen molar-refractivity contribution in [3.05, 3.63) is 106 Å². The fraction of sp³-hybridized carbons (Fsp3) is 0.265. The van der Waals surface area contributed by atoms with Crippen LogP contribution in [0.2, 0.25) is 5.02 Å². The number of aromatic nitrogens is 2. The molecule has 0 amide bonds. The molecule has 0 aliphatic rings. The van der Waals surface area contributed by atoms with E-state index in [0.29, 0.717) is 28.6 Å². The lowest BCUT2D eigenvalue weighted by Gasteiger charge is -2.22. The Kier molecular flexibility index (Phi) is 7.87. The molecule has 1 N–H and O–H groups in total. The lowest BCUT2D eigenvalue weighted by Crippen LogP contribution is -2.28. The smallest absolute Gasteiger partial charge is 0.309 e. The molecule has 0 aliphatic carbocycles. The summed E-state index contributed by atoms with van der Waals surface area (Å²) in [5.74, 6) is -0.620. The quantitative estimate of drug-likeness (QED) is 0.173. The van der Waals surface area contributed by atoms with E-state index >= 15 is 0 Å². The van der Waals surface area contributed by atoms with E-state index in [4.69, 9.17) is 21.3 Å². The molecular formula is C34H33ClN2O4. The first-order chi connectivity index (χ1) is 19.5. The van der Waals surface area contributed by atoms with Gasteiger partial charge >= 0.3 is 5.97 Å². The van der Waals surface area contributed by atoms with Gasteiger partial charge in [0, 0.05) is 51.5 Å². The number of para-hydroxylation sites is 1. The van der Waals surface area contributed by atoms with E-state index in [-0.39, 0.29) is 24.7 Å². The Balaban J connectivity index is 1.60. The summed E-state index contributed by atoms with van der Waals surface area (Å²) in [4.78, 5) is 30.6. The summed E-state index contributed by atoms with van der Waals surface area (Å²) in [5, 5.41) is 12.4. The van der Waals surface area contributed by atoms with Crippen molar-refractivity contribution >= 4 is 45.2 Å². The molecule has 6 nitrogen and oxygen atoms in total. The van der Waals surface area contributed by atoms with Crippen LogP contribution >= 0.6 is 11.6 Å². The standard InChI is InChI=1S/C34H33ClN2O4/c1-21(2)32(38)31-27-17-26(41-20-25-14-11-23-7-5-6-8-28(23)36-25)15-16-29(27)37(19-22-9-12-24(35)13-10-22)30(31)18-34(3,4)33(39)40/h5-17,21H,18-20H2,1-4H3,(H,39,40). The number of rotatable bonds is 10. The molecular weight excluding hydrogens is 536 g/mol. The van der Waals surface area contributed by atoms with E-state index in [9.17, 15) is 14.7 Å². The maximum atomic E-state index is 13.7.